The van der Waals surface area contributed by atoms with Crippen molar-refractivity contribution in [1.29, 1.82) is 0 Å². The lowest BCUT2D eigenvalue weighted by Crippen LogP contribution is -2.42. The van der Waals surface area contributed by atoms with Crippen molar-refractivity contribution < 1.29 is 24.2 Å². The van der Waals surface area contributed by atoms with Crippen molar-refractivity contribution in [2.45, 2.75) is 57.0 Å². The zero-order valence-corrected chi connectivity index (χ0v) is 26.0. The number of amides is 2. The number of benzene rings is 3. The maximum Gasteiger partial charge on any atom is 0.309 e. The fourth-order valence-corrected chi connectivity index (χ4v) is 5.24. The van der Waals surface area contributed by atoms with E-state index < -0.39 is 18.0 Å². The molecule has 0 fully saturated rings. The molecule has 7 nitrogen and oxygen atoms in total. The van der Waals surface area contributed by atoms with Gasteiger partial charge in [-0.15, -0.1) is 13.2 Å². The fraction of sp³-hybridized carbons (Fsp3) is 0.342. The smallest absolute Gasteiger partial charge is 0.309 e. The van der Waals surface area contributed by atoms with Crippen molar-refractivity contribution in [3.8, 4) is 0 Å². The highest BCUT2D eigenvalue weighted by atomic mass is 16.5. The summed E-state index contributed by atoms with van der Waals surface area (Å²) in [4.78, 5) is 39.9. The first-order valence-corrected chi connectivity index (χ1v) is 15.6. The Kier molecular flexibility index (Phi) is 15.3. The summed E-state index contributed by atoms with van der Waals surface area (Å²) in [5.74, 6) is -2.01. The lowest BCUT2D eigenvalue weighted by atomic mass is 9.94. The van der Waals surface area contributed by atoms with E-state index in [2.05, 4.69) is 23.8 Å². The number of allylic oxidation sites excluding steroid dienone is 2. The molecule has 0 spiro atoms. The van der Waals surface area contributed by atoms with E-state index >= 15 is 0 Å². The van der Waals surface area contributed by atoms with Gasteiger partial charge in [0.15, 0.2) is 0 Å². The predicted molar refractivity (Wildman–Crippen MR) is 178 cm³/mol. The molecule has 0 aromatic heterocycles. The third-order valence-corrected chi connectivity index (χ3v) is 7.69. The Balaban J connectivity index is 1.67. The van der Waals surface area contributed by atoms with E-state index in [9.17, 15) is 19.5 Å². The fourth-order valence-electron chi connectivity index (χ4n) is 5.24. The highest BCUT2D eigenvalue weighted by Crippen LogP contribution is 2.21. The van der Waals surface area contributed by atoms with Gasteiger partial charge in [-0.1, -0.05) is 103 Å². The van der Waals surface area contributed by atoms with Crippen LogP contribution in [0.5, 0.6) is 0 Å². The lowest BCUT2D eigenvalue weighted by molar-refractivity contribution is -0.150. The quantitative estimate of drug-likeness (QED) is 0.0839. The number of rotatable bonds is 20. The van der Waals surface area contributed by atoms with Crippen molar-refractivity contribution in [1.82, 2.24) is 10.6 Å². The van der Waals surface area contributed by atoms with Crippen LogP contribution in [0.4, 0.5) is 0 Å². The summed E-state index contributed by atoms with van der Waals surface area (Å²) < 4.78 is 5.86. The van der Waals surface area contributed by atoms with Crippen LogP contribution in [-0.4, -0.2) is 42.1 Å². The van der Waals surface area contributed by atoms with E-state index in [-0.39, 0.29) is 49.8 Å². The molecule has 0 bridgehead atoms. The number of carbonyl (C=O) groups excluding carboxylic acids is 3. The molecule has 3 N–H and O–H groups in total. The molecule has 0 aliphatic heterocycles. The van der Waals surface area contributed by atoms with E-state index in [0.29, 0.717) is 19.3 Å². The molecule has 0 aliphatic rings. The second-order valence-corrected chi connectivity index (χ2v) is 11.3. The molecule has 0 heterocycles. The number of hydrogen-bond acceptors (Lipinski definition) is 5. The summed E-state index contributed by atoms with van der Waals surface area (Å²) in [6.45, 7) is 7.30. The van der Waals surface area contributed by atoms with Gasteiger partial charge < -0.3 is 20.5 Å². The SMILES string of the molecule is C=CCCC[C@H](Cc1ccccc1)C(=O)OC[C@H](NC(=O)[C@H](CC=C)CC(=O)N[C@H](CO)Cc1ccccc1)c1ccccc1. The largest absolute Gasteiger partial charge is 0.463 e. The van der Waals surface area contributed by atoms with E-state index in [1.807, 2.05) is 97.1 Å². The standard InChI is InChI=1S/C38H46N2O5/c1-3-5-9-23-33(24-29-17-10-6-11-18-29)38(44)45-28-35(31-21-14-8-15-22-31)40-37(43)32(16-4-2)26-36(42)39-34(27-41)25-30-19-12-7-13-20-30/h3-4,6-8,10-15,17-22,32-35,41H,1-2,5,9,16,23-28H2,(H,39,42)(H,40,43)/t32-,33-,34+,35+/m1/s1. The summed E-state index contributed by atoms with van der Waals surface area (Å²) in [7, 11) is 0. The van der Waals surface area contributed by atoms with Crippen LogP contribution in [0.15, 0.2) is 116 Å². The summed E-state index contributed by atoms with van der Waals surface area (Å²) >= 11 is 0. The van der Waals surface area contributed by atoms with Gasteiger partial charge in [0, 0.05) is 6.42 Å². The van der Waals surface area contributed by atoms with Crippen LogP contribution < -0.4 is 10.6 Å². The molecule has 0 aliphatic carbocycles. The lowest BCUT2D eigenvalue weighted by Gasteiger charge is -2.24. The number of carbonyl (C=O) groups is 3. The first-order valence-electron chi connectivity index (χ1n) is 15.6. The van der Waals surface area contributed by atoms with Gasteiger partial charge in [0.25, 0.3) is 0 Å². The minimum atomic E-state index is -0.690. The summed E-state index contributed by atoms with van der Waals surface area (Å²) in [6.07, 6.45) is 7.00. The van der Waals surface area contributed by atoms with E-state index in [1.54, 1.807) is 6.08 Å². The third kappa shape index (κ3) is 12.6. The van der Waals surface area contributed by atoms with Gasteiger partial charge in [-0.2, -0.15) is 0 Å². The van der Waals surface area contributed by atoms with Crippen LogP contribution in [0.1, 0.15) is 54.8 Å². The van der Waals surface area contributed by atoms with Crippen LogP contribution in [-0.2, 0) is 32.0 Å². The van der Waals surface area contributed by atoms with Crippen molar-refractivity contribution >= 4 is 17.8 Å². The molecular formula is C38H46N2O5. The molecule has 3 rings (SSSR count). The van der Waals surface area contributed by atoms with E-state index in [1.165, 1.54) is 0 Å². The van der Waals surface area contributed by atoms with Crippen molar-refractivity contribution in [2.75, 3.05) is 13.2 Å². The summed E-state index contributed by atoms with van der Waals surface area (Å²) in [5, 5.41) is 15.7. The molecular weight excluding hydrogens is 564 g/mol. The van der Waals surface area contributed by atoms with Crippen LogP contribution >= 0.6 is 0 Å². The number of aliphatic hydroxyl groups excluding tert-OH is 1. The first-order chi connectivity index (χ1) is 21.9. The number of aliphatic hydroxyl groups is 1. The molecule has 3 aromatic rings. The van der Waals surface area contributed by atoms with Gasteiger partial charge in [0.1, 0.15) is 6.61 Å². The summed E-state index contributed by atoms with van der Waals surface area (Å²) in [5.41, 5.74) is 2.84. The van der Waals surface area contributed by atoms with Crippen LogP contribution in [0.3, 0.4) is 0 Å². The van der Waals surface area contributed by atoms with Crippen LogP contribution in [0.2, 0.25) is 0 Å². The van der Waals surface area contributed by atoms with Crippen LogP contribution in [0, 0.1) is 11.8 Å². The van der Waals surface area contributed by atoms with Crippen molar-refractivity contribution in [3.05, 3.63) is 133 Å². The molecule has 0 saturated heterocycles. The minimum Gasteiger partial charge on any atom is -0.463 e. The number of ether oxygens (including phenoxy) is 1. The zero-order valence-electron chi connectivity index (χ0n) is 26.0. The maximum atomic E-state index is 13.6. The topological polar surface area (TPSA) is 105 Å². The second kappa shape index (κ2) is 19.7. The van der Waals surface area contributed by atoms with Crippen molar-refractivity contribution in [2.24, 2.45) is 11.8 Å². The Hall–Kier alpha value is -4.49. The Labute approximate surface area is 267 Å². The number of nitrogens with one attached hydrogen (secondary N) is 2. The molecule has 3 aromatic carbocycles. The molecule has 0 unspecified atom stereocenters. The van der Waals surface area contributed by atoms with Gasteiger partial charge in [-0.05, 0) is 55.2 Å². The Morgan fingerprint density at radius 1 is 0.778 bits per heavy atom. The van der Waals surface area contributed by atoms with Gasteiger partial charge in [0.05, 0.1) is 30.5 Å². The number of hydrogen-bond donors (Lipinski definition) is 3. The van der Waals surface area contributed by atoms with Crippen LogP contribution in [0.25, 0.3) is 0 Å². The Morgan fingerprint density at radius 3 is 1.96 bits per heavy atom. The van der Waals surface area contributed by atoms with Gasteiger partial charge >= 0.3 is 5.97 Å². The zero-order chi connectivity index (χ0) is 32.3. The average molecular weight is 611 g/mol. The van der Waals surface area contributed by atoms with Gasteiger partial charge in [0.2, 0.25) is 11.8 Å². The molecule has 45 heavy (non-hydrogen) atoms. The second-order valence-electron chi connectivity index (χ2n) is 11.3. The molecule has 0 saturated carbocycles. The normalized spacial score (nSPS) is 13.4. The molecule has 0 radical (unpaired) electrons. The average Bonchev–Trinajstić information content (AvgIpc) is 3.06. The van der Waals surface area contributed by atoms with E-state index in [4.69, 9.17) is 4.74 Å². The van der Waals surface area contributed by atoms with E-state index in [0.717, 1.165) is 29.5 Å². The van der Waals surface area contributed by atoms with Gasteiger partial charge in [-0.3, -0.25) is 14.4 Å². The molecule has 4 atom stereocenters. The first kappa shape index (κ1) is 35.0. The monoisotopic (exact) mass is 610 g/mol. The molecule has 2 amide bonds. The summed E-state index contributed by atoms with van der Waals surface area (Å²) in [6, 6.07) is 27.7. The highest BCUT2D eigenvalue weighted by molar-refractivity contribution is 5.86. The Morgan fingerprint density at radius 2 is 1.38 bits per heavy atom. The van der Waals surface area contributed by atoms with Gasteiger partial charge in [-0.25, -0.2) is 0 Å². The third-order valence-electron chi connectivity index (χ3n) is 7.69. The molecule has 7 heteroatoms. The van der Waals surface area contributed by atoms with Crippen molar-refractivity contribution in [3.63, 3.8) is 0 Å². The highest BCUT2D eigenvalue weighted by Gasteiger charge is 2.27. The maximum absolute atomic E-state index is 13.6. The minimum absolute atomic E-state index is 0.0436. The molecule has 238 valence electrons. The number of unbranched alkanes of at least 4 members (excludes halogenated alkanes) is 1. The number of esters is 1. The predicted octanol–water partition coefficient (Wildman–Crippen LogP) is 5.90. The Bertz CT molecular complexity index is 1330.